The molecule has 1 N–H and O–H groups in total. The fraction of sp³-hybridized carbons (Fsp3) is 0.429. The number of amides is 1. The highest BCUT2D eigenvalue weighted by Gasteiger charge is 2.54. The zero-order chi connectivity index (χ0) is 18.5. The largest absolute Gasteiger partial charge is 0.333 e. The molecule has 0 saturated carbocycles. The Morgan fingerprint density at radius 3 is 2.52 bits per heavy atom. The number of nitrogens with one attached hydrogen (secondary N) is 1. The van der Waals surface area contributed by atoms with Crippen LogP contribution in [-0.2, 0) is 0 Å². The molecule has 1 amide bonds. The van der Waals surface area contributed by atoms with Crippen LogP contribution >= 0.6 is 0 Å². The normalized spacial score (nSPS) is 31.7. The first-order valence-corrected chi connectivity index (χ1v) is 9.61. The van der Waals surface area contributed by atoms with E-state index >= 15 is 0 Å². The van der Waals surface area contributed by atoms with Gasteiger partial charge in [0.05, 0.1) is 6.04 Å². The third-order valence-electron chi connectivity index (χ3n) is 6.60. The van der Waals surface area contributed by atoms with E-state index in [9.17, 15) is 14.0 Å². The van der Waals surface area contributed by atoms with Crippen LogP contribution in [0.25, 0.3) is 0 Å². The second-order valence-corrected chi connectivity index (χ2v) is 7.88. The number of halogens is 1. The van der Waals surface area contributed by atoms with E-state index in [0.29, 0.717) is 12.5 Å². The van der Waals surface area contributed by atoms with Crippen LogP contribution in [0, 0.1) is 11.7 Å². The number of hydrogen-bond donors (Lipinski definition) is 1. The van der Waals surface area contributed by atoms with Crippen molar-refractivity contribution in [1.82, 2.24) is 14.8 Å². The highest BCUT2D eigenvalue weighted by Crippen LogP contribution is 2.46. The van der Waals surface area contributed by atoms with Gasteiger partial charge < -0.3 is 9.88 Å². The number of carbonyl (C=O) groups is 1. The average Bonchev–Trinajstić information content (AvgIpc) is 3.12. The quantitative estimate of drug-likeness (QED) is 0.886. The van der Waals surface area contributed by atoms with E-state index in [-0.39, 0.29) is 40.8 Å². The number of piperidine rings is 3. The molecule has 0 radical (unpaired) electrons. The average molecular weight is 367 g/mol. The van der Waals surface area contributed by atoms with Gasteiger partial charge in [-0.05, 0) is 61.7 Å². The predicted octanol–water partition coefficient (Wildman–Crippen LogP) is 2.22. The minimum Gasteiger partial charge on any atom is -0.333 e. The Kier molecular flexibility index (Phi) is 3.90. The van der Waals surface area contributed by atoms with Crippen LogP contribution in [0.2, 0.25) is 0 Å². The molecule has 4 fully saturated rings. The van der Waals surface area contributed by atoms with Crippen LogP contribution < -0.4 is 5.56 Å². The first-order valence-electron chi connectivity index (χ1n) is 9.61. The minimum absolute atomic E-state index is 0.120. The van der Waals surface area contributed by atoms with Gasteiger partial charge in [-0.3, -0.25) is 14.5 Å². The van der Waals surface area contributed by atoms with Crippen molar-refractivity contribution in [3.63, 3.8) is 0 Å². The third-order valence-corrected chi connectivity index (χ3v) is 6.60. The van der Waals surface area contributed by atoms with E-state index in [1.807, 2.05) is 17.0 Å². The molecular weight excluding hydrogens is 345 g/mol. The molecule has 6 rings (SSSR count). The Hall–Kier alpha value is -2.47. The molecule has 4 saturated heterocycles. The maximum Gasteiger partial charge on any atom is 0.260 e. The Morgan fingerprint density at radius 1 is 1.07 bits per heavy atom. The van der Waals surface area contributed by atoms with E-state index in [1.165, 1.54) is 12.1 Å². The van der Waals surface area contributed by atoms with Gasteiger partial charge in [-0.15, -0.1) is 0 Å². The van der Waals surface area contributed by atoms with Crippen LogP contribution in [0.5, 0.6) is 0 Å². The lowest BCUT2D eigenvalue weighted by Crippen LogP contribution is -2.60. The summed E-state index contributed by atoms with van der Waals surface area (Å²) in [7, 11) is 0. The number of aromatic nitrogens is 1. The van der Waals surface area contributed by atoms with Crippen molar-refractivity contribution >= 4 is 5.91 Å². The van der Waals surface area contributed by atoms with Gasteiger partial charge >= 0.3 is 0 Å². The number of aromatic amines is 1. The zero-order valence-electron chi connectivity index (χ0n) is 15.0. The minimum atomic E-state index is -0.342. The summed E-state index contributed by atoms with van der Waals surface area (Å²) in [6, 6.07) is 10.3. The maximum absolute atomic E-state index is 13.4. The molecule has 1 aromatic heterocycles. The van der Waals surface area contributed by atoms with Crippen LogP contribution in [0.4, 0.5) is 4.39 Å². The van der Waals surface area contributed by atoms with Gasteiger partial charge in [-0.1, -0.05) is 12.1 Å². The lowest BCUT2D eigenvalue weighted by atomic mass is 9.75. The fourth-order valence-electron chi connectivity index (χ4n) is 5.40. The zero-order valence-corrected chi connectivity index (χ0v) is 15.0. The lowest BCUT2D eigenvalue weighted by Gasteiger charge is -2.51. The number of hydrogen-bond acceptors (Lipinski definition) is 3. The SMILES string of the molecule is O=C(c1ccc[nH]c1=O)N1C[C@@H](c2ccc(F)cc2)[C@@H]2[C@H]1C1CCN2CC1. The number of likely N-dealkylation sites (tertiary alicyclic amines) is 1. The molecule has 3 atom stereocenters. The standard InChI is InChI=1S/C21H22FN3O2/c22-15-5-3-13(4-6-15)17-12-25(21(27)16-2-1-9-23-20(16)26)18-14-7-10-24(11-8-14)19(17)18/h1-6,9,14,17-19H,7-8,10-12H2,(H,23,26)/t17-,18+,19+/m0/s1. The summed E-state index contributed by atoms with van der Waals surface area (Å²) in [5.74, 6) is 0.176. The number of rotatable bonds is 2. The van der Waals surface area contributed by atoms with Crippen molar-refractivity contribution in [2.24, 2.45) is 5.92 Å². The van der Waals surface area contributed by atoms with E-state index in [0.717, 1.165) is 31.5 Å². The number of H-pyrrole nitrogens is 1. The van der Waals surface area contributed by atoms with E-state index in [4.69, 9.17) is 0 Å². The number of benzene rings is 1. The van der Waals surface area contributed by atoms with E-state index in [1.54, 1.807) is 18.3 Å². The summed E-state index contributed by atoms with van der Waals surface area (Å²) >= 11 is 0. The summed E-state index contributed by atoms with van der Waals surface area (Å²) in [6.45, 7) is 2.68. The monoisotopic (exact) mass is 367 g/mol. The third kappa shape index (κ3) is 2.62. The highest BCUT2D eigenvalue weighted by molar-refractivity contribution is 5.94. The summed E-state index contributed by atoms with van der Waals surface area (Å²) in [6.07, 6.45) is 3.72. The molecule has 0 aliphatic carbocycles. The van der Waals surface area contributed by atoms with Crippen LogP contribution in [-0.4, -0.2) is 52.4 Å². The predicted molar refractivity (Wildman–Crippen MR) is 99.1 cm³/mol. The number of nitrogens with zero attached hydrogens (tertiary/aromatic N) is 2. The second kappa shape index (κ2) is 6.30. The molecule has 2 aromatic rings. The Bertz CT molecular complexity index is 918. The van der Waals surface area contributed by atoms with E-state index in [2.05, 4.69) is 9.88 Å². The van der Waals surface area contributed by atoms with Gasteiger partial charge in [-0.2, -0.15) is 0 Å². The summed E-state index contributed by atoms with van der Waals surface area (Å²) in [5, 5.41) is 0. The molecule has 5 heterocycles. The van der Waals surface area contributed by atoms with Crippen LogP contribution in [0.15, 0.2) is 47.4 Å². The number of carbonyl (C=O) groups excluding carboxylic acids is 1. The molecule has 5 nitrogen and oxygen atoms in total. The number of fused-ring (bicyclic) bond motifs is 2. The maximum atomic E-state index is 13.4. The Labute approximate surface area is 156 Å². The molecule has 4 aliphatic heterocycles. The fourth-order valence-corrected chi connectivity index (χ4v) is 5.40. The van der Waals surface area contributed by atoms with Gasteiger partial charge in [0.2, 0.25) is 0 Å². The first-order chi connectivity index (χ1) is 13.1. The van der Waals surface area contributed by atoms with Gasteiger partial charge in [0.25, 0.3) is 11.5 Å². The molecule has 2 bridgehead atoms. The first kappa shape index (κ1) is 16.7. The van der Waals surface area contributed by atoms with Crippen molar-refractivity contribution in [3.05, 3.63) is 69.9 Å². The molecule has 0 spiro atoms. The molecule has 4 aliphatic rings. The molecule has 6 heteroatoms. The van der Waals surface area contributed by atoms with Gasteiger partial charge in [-0.25, -0.2) is 4.39 Å². The van der Waals surface area contributed by atoms with Crippen molar-refractivity contribution < 1.29 is 9.18 Å². The van der Waals surface area contributed by atoms with Gasteiger partial charge in [0.15, 0.2) is 0 Å². The smallest absolute Gasteiger partial charge is 0.260 e. The van der Waals surface area contributed by atoms with E-state index < -0.39 is 0 Å². The molecular formula is C21H22FN3O2. The molecule has 1 aromatic carbocycles. The Balaban J connectivity index is 1.54. The van der Waals surface area contributed by atoms with Crippen molar-refractivity contribution in [1.29, 1.82) is 0 Å². The van der Waals surface area contributed by atoms with Crippen molar-refractivity contribution in [2.75, 3.05) is 19.6 Å². The van der Waals surface area contributed by atoms with Crippen molar-refractivity contribution in [2.45, 2.75) is 30.8 Å². The van der Waals surface area contributed by atoms with Crippen LogP contribution in [0.1, 0.15) is 34.7 Å². The van der Waals surface area contributed by atoms with Gasteiger partial charge in [0, 0.05) is 24.7 Å². The Morgan fingerprint density at radius 2 is 1.81 bits per heavy atom. The van der Waals surface area contributed by atoms with Crippen molar-refractivity contribution in [3.8, 4) is 0 Å². The summed E-state index contributed by atoms with van der Waals surface area (Å²) in [5.41, 5.74) is 0.925. The highest BCUT2D eigenvalue weighted by atomic mass is 19.1. The summed E-state index contributed by atoms with van der Waals surface area (Å²) in [4.78, 5) is 32.4. The summed E-state index contributed by atoms with van der Waals surface area (Å²) < 4.78 is 13.4. The number of pyridine rings is 1. The lowest BCUT2D eigenvalue weighted by molar-refractivity contribution is -0.00346. The molecule has 140 valence electrons. The topological polar surface area (TPSA) is 56.4 Å². The molecule has 27 heavy (non-hydrogen) atoms. The van der Waals surface area contributed by atoms with Gasteiger partial charge in [0.1, 0.15) is 11.4 Å². The second-order valence-electron chi connectivity index (χ2n) is 7.88. The molecule has 0 unspecified atom stereocenters. The van der Waals surface area contributed by atoms with Crippen LogP contribution in [0.3, 0.4) is 0 Å².